The molecule has 19 heavy (non-hydrogen) atoms. The summed E-state index contributed by atoms with van der Waals surface area (Å²) in [5, 5.41) is 14.6. The summed E-state index contributed by atoms with van der Waals surface area (Å²) in [6.07, 6.45) is 0. The van der Waals surface area contributed by atoms with Crippen molar-refractivity contribution in [3.8, 4) is 5.75 Å². The number of amides is 2. The smallest absolute Gasteiger partial charge is 0.319 e. The maximum absolute atomic E-state index is 11.9. The molecule has 0 fully saturated rings. The first-order chi connectivity index (χ1) is 8.97. The molecule has 2 amide bonds. The molecule has 5 heteroatoms. The van der Waals surface area contributed by atoms with Gasteiger partial charge in [-0.3, -0.25) is 0 Å². The standard InChI is InChI=1S/C14H22N2O3/c1-9-5-6-12(19-4)7-13(9)16-14(18)15-11(3)10(2)8-17/h5-7,10-11,17H,8H2,1-4H3,(H2,15,16,18). The maximum atomic E-state index is 11.9. The Morgan fingerprint density at radius 2 is 2.11 bits per heavy atom. The van der Waals surface area contributed by atoms with Crippen LogP contribution in [0.5, 0.6) is 5.75 Å². The van der Waals surface area contributed by atoms with Crippen LogP contribution < -0.4 is 15.4 Å². The van der Waals surface area contributed by atoms with Crippen LogP contribution in [0.15, 0.2) is 18.2 Å². The van der Waals surface area contributed by atoms with Crippen LogP contribution in [-0.4, -0.2) is 30.9 Å². The fraction of sp³-hybridized carbons (Fsp3) is 0.500. The van der Waals surface area contributed by atoms with Crippen LogP contribution in [0, 0.1) is 12.8 Å². The highest BCUT2D eigenvalue weighted by atomic mass is 16.5. The van der Waals surface area contributed by atoms with Crippen molar-refractivity contribution < 1.29 is 14.6 Å². The molecular formula is C14H22N2O3. The lowest BCUT2D eigenvalue weighted by atomic mass is 10.1. The van der Waals surface area contributed by atoms with Crippen LogP contribution in [0.2, 0.25) is 0 Å². The Balaban J connectivity index is 2.66. The molecule has 2 unspecified atom stereocenters. The van der Waals surface area contributed by atoms with Gasteiger partial charge in [-0.2, -0.15) is 0 Å². The minimum atomic E-state index is -0.288. The summed E-state index contributed by atoms with van der Waals surface area (Å²) >= 11 is 0. The van der Waals surface area contributed by atoms with Gasteiger partial charge in [0, 0.05) is 24.4 Å². The Morgan fingerprint density at radius 1 is 1.42 bits per heavy atom. The molecule has 1 aromatic carbocycles. The van der Waals surface area contributed by atoms with Crippen molar-refractivity contribution in [3.05, 3.63) is 23.8 Å². The van der Waals surface area contributed by atoms with E-state index in [0.29, 0.717) is 11.4 Å². The van der Waals surface area contributed by atoms with Crippen LogP contribution in [0.3, 0.4) is 0 Å². The fourth-order valence-electron chi connectivity index (χ4n) is 1.53. The zero-order chi connectivity index (χ0) is 14.4. The van der Waals surface area contributed by atoms with Gasteiger partial charge in [-0.1, -0.05) is 13.0 Å². The zero-order valence-electron chi connectivity index (χ0n) is 11.9. The van der Waals surface area contributed by atoms with Crippen molar-refractivity contribution in [2.75, 3.05) is 19.0 Å². The van der Waals surface area contributed by atoms with Crippen molar-refractivity contribution in [2.24, 2.45) is 5.92 Å². The zero-order valence-corrected chi connectivity index (χ0v) is 11.9. The molecule has 106 valence electrons. The molecule has 0 aromatic heterocycles. The molecule has 0 bridgehead atoms. The summed E-state index contributed by atoms with van der Waals surface area (Å²) < 4.78 is 5.12. The van der Waals surface area contributed by atoms with Crippen LogP contribution in [0.25, 0.3) is 0 Å². The molecule has 0 heterocycles. The number of carbonyl (C=O) groups excluding carboxylic acids is 1. The van der Waals surface area contributed by atoms with E-state index in [-0.39, 0.29) is 24.6 Å². The van der Waals surface area contributed by atoms with E-state index in [2.05, 4.69) is 10.6 Å². The van der Waals surface area contributed by atoms with E-state index in [4.69, 9.17) is 9.84 Å². The number of anilines is 1. The lowest BCUT2D eigenvalue weighted by Gasteiger charge is -2.20. The second-order valence-corrected chi connectivity index (χ2v) is 4.73. The average molecular weight is 266 g/mol. The van der Waals surface area contributed by atoms with Gasteiger partial charge in [-0.05, 0) is 31.4 Å². The van der Waals surface area contributed by atoms with Crippen molar-refractivity contribution >= 4 is 11.7 Å². The number of hydrogen-bond donors (Lipinski definition) is 3. The van der Waals surface area contributed by atoms with Gasteiger partial charge in [0.15, 0.2) is 0 Å². The molecule has 1 rings (SSSR count). The SMILES string of the molecule is COc1ccc(C)c(NC(=O)NC(C)C(C)CO)c1. The van der Waals surface area contributed by atoms with E-state index in [0.717, 1.165) is 5.56 Å². The fourth-order valence-corrected chi connectivity index (χ4v) is 1.53. The normalized spacial score (nSPS) is 13.5. The van der Waals surface area contributed by atoms with Gasteiger partial charge in [0.05, 0.1) is 7.11 Å². The highest BCUT2D eigenvalue weighted by Gasteiger charge is 2.14. The van der Waals surface area contributed by atoms with E-state index in [1.807, 2.05) is 32.9 Å². The molecule has 3 N–H and O–H groups in total. The number of hydrogen-bond acceptors (Lipinski definition) is 3. The van der Waals surface area contributed by atoms with Gasteiger partial charge in [-0.15, -0.1) is 0 Å². The molecule has 1 aromatic rings. The van der Waals surface area contributed by atoms with E-state index in [1.165, 1.54) is 0 Å². The van der Waals surface area contributed by atoms with Crippen molar-refractivity contribution in [2.45, 2.75) is 26.8 Å². The summed E-state index contributed by atoms with van der Waals surface area (Å²) in [5.41, 5.74) is 1.67. The molecule has 0 spiro atoms. The minimum absolute atomic E-state index is 0.0113. The predicted octanol–water partition coefficient (Wildman–Crippen LogP) is 2.14. The van der Waals surface area contributed by atoms with Crippen molar-refractivity contribution in [3.63, 3.8) is 0 Å². The molecular weight excluding hydrogens is 244 g/mol. The number of ether oxygens (including phenoxy) is 1. The van der Waals surface area contributed by atoms with Crippen molar-refractivity contribution in [1.82, 2.24) is 5.32 Å². The van der Waals surface area contributed by atoms with Crippen LogP contribution >= 0.6 is 0 Å². The number of rotatable bonds is 5. The second kappa shape index (κ2) is 6.99. The van der Waals surface area contributed by atoms with Crippen LogP contribution in [-0.2, 0) is 0 Å². The lowest BCUT2D eigenvalue weighted by molar-refractivity contribution is 0.204. The number of methoxy groups -OCH3 is 1. The van der Waals surface area contributed by atoms with Crippen molar-refractivity contribution in [1.29, 1.82) is 0 Å². The van der Waals surface area contributed by atoms with Gasteiger partial charge in [0.1, 0.15) is 5.75 Å². The number of urea groups is 1. The predicted molar refractivity (Wildman–Crippen MR) is 75.6 cm³/mol. The summed E-state index contributed by atoms with van der Waals surface area (Å²) in [5.74, 6) is 0.704. The molecule has 0 radical (unpaired) electrons. The number of benzene rings is 1. The third-order valence-electron chi connectivity index (χ3n) is 3.19. The first-order valence-corrected chi connectivity index (χ1v) is 6.31. The second-order valence-electron chi connectivity index (χ2n) is 4.73. The maximum Gasteiger partial charge on any atom is 0.319 e. The Morgan fingerprint density at radius 3 is 2.68 bits per heavy atom. The third-order valence-corrected chi connectivity index (χ3v) is 3.19. The highest BCUT2D eigenvalue weighted by Crippen LogP contribution is 2.21. The Kier molecular flexibility index (Phi) is 5.63. The summed E-state index contributed by atoms with van der Waals surface area (Å²) in [6, 6.07) is 5.11. The van der Waals surface area contributed by atoms with Gasteiger partial charge in [0.2, 0.25) is 0 Å². The molecule has 0 aliphatic heterocycles. The van der Waals surface area contributed by atoms with E-state index in [1.54, 1.807) is 13.2 Å². The Labute approximate surface area is 114 Å². The third kappa shape index (κ3) is 4.44. The number of carbonyl (C=O) groups is 1. The van der Waals surface area contributed by atoms with Crippen LogP contribution in [0.1, 0.15) is 19.4 Å². The van der Waals surface area contributed by atoms with E-state index in [9.17, 15) is 4.79 Å². The first kappa shape index (κ1) is 15.3. The van der Waals surface area contributed by atoms with E-state index >= 15 is 0 Å². The topological polar surface area (TPSA) is 70.6 Å². The summed E-state index contributed by atoms with van der Waals surface area (Å²) in [7, 11) is 1.58. The van der Waals surface area contributed by atoms with Gasteiger partial charge in [-0.25, -0.2) is 4.79 Å². The number of nitrogens with one attached hydrogen (secondary N) is 2. The largest absolute Gasteiger partial charge is 0.497 e. The molecule has 0 saturated heterocycles. The Hall–Kier alpha value is -1.75. The monoisotopic (exact) mass is 266 g/mol. The Bertz CT molecular complexity index is 435. The molecule has 2 atom stereocenters. The highest BCUT2D eigenvalue weighted by molar-refractivity contribution is 5.90. The van der Waals surface area contributed by atoms with Crippen LogP contribution in [0.4, 0.5) is 10.5 Å². The number of aliphatic hydroxyl groups is 1. The number of aliphatic hydroxyl groups excluding tert-OH is 1. The minimum Gasteiger partial charge on any atom is -0.497 e. The van der Waals surface area contributed by atoms with Gasteiger partial charge < -0.3 is 20.5 Å². The molecule has 0 saturated carbocycles. The molecule has 0 aliphatic rings. The number of aryl methyl sites for hydroxylation is 1. The molecule has 0 aliphatic carbocycles. The quantitative estimate of drug-likeness (QED) is 0.764. The lowest BCUT2D eigenvalue weighted by Crippen LogP contribution is -2.40. The van der Waals surface area contributed by atoms with E-state index < -0.39 is 0 Å². The van der Waals surface area contributed by atoms with Gasteiger partial charge in [0.25, 0.3) is 0 Å². The average Bonchev–Trinajstić information content (AvgIpc) is 2.40. The summed E-state index contributed by atoms with van der Waals surface area (Å²) in [4.78, 5) is 11.9. The first-order valence-electron chi connectivity index (χ1n) is 6.31. The molecule has 5 nitrogen and oxygen atoms in total. The van der Waals surface area contributed by atoms with Gasteiger partial charge >= 0.3 is 6.03 Å². The summed E-state index contributed by atoms with van der Waals surface area (Å²) in [6.45, 7) is 5.69.